The number of nitrogens with one attached hydrogen (secondary N) is 2. The SMILES string of the molecule is Cc1cccc(Cl)c1NC(=S)Nc1cccc(C(F)(F)F)c1. The Morgan fingerprint density at radius 2 is 1.77 bits per heavy atom. The third kappa shape index (κ3) is 4.11. The van der Waals surface area contributed by atoms with Gasteiger partial charge in [0.25, 0.3) is 0 Å². The van der Waals surface area contributed by atoms with Crippen molar-refractivity contribution < 1.29 is 13.2 Å². The van der Waals surface area contributed by atoms with Gasteiger partial charge in [0.15, 0.2) is 5.11 Å². The normalized spacial score (nSPS) is 11.1. The van der Waals surface area contributed by atoms with Crippen molar-refractivity contribution in [2.45, 2.75) is 13.1 Å². The van der Waals surface area contributed by atoms with E-state index < -0.39 is 11.7 Å². The molecule has 0 radical (unpaired) electrons. The molecule has 2 rings (SSSR count). The van der Waals surface area contributed by atoms with E-state index in [0.29, 0.717) is 10.7 Å². The third-order valence-corrected chi connectivity index (χ3v) is 3.43. The highest BCUT2D eigenvalue weighted by Crippen LogP contribution is 2.31. The summed E-state index contributed by atoms with van der Waals surface area (Å²) in [7, 11) is 0. The first-order valence-electron chi connectivity index (χ1n) is 6.28. The van der Waals surface area contributed by atoms with Crippen LogP contribution in [0.15, 0.2) is 42.5 Å². The molecule has 0 unspecified atom stereocenters. The first-order valence-corrected chi connectivity index (χ1v) is 7.06. The van der Waals surface area contributed by atoms with E-state index in [2.05, 4.69) is 10.6 Å². The second-order valence-electron chi connectivity index (χ2n) is 4.59. The summed E-state index contributed by atoms with van der Waals surface area (Å²) in [4.78, 5) is 0. The number of hydrogen-bond donors (Lipinski definition) is 2. The third-order valence-electron chi connectivity index (χ3n) is 2.91. The van der Waals surface area contributed by atoms with Crippen LogP contribution < -0.4 is 10.6 Å². The average molecular weight is 345 g/mol. The molecule has 2 nitrogen and oxygen atoms in total. The lowest BCUT2D eigenvalue weighted by atomic mass is 10.2. The van der Waals surface area contributed by atoms with Gasteiger partial charge in [-0.2, -0.15) is 13.2 Å². The van der Waals surface area contributed by atoms with E-state index in [9.17, 15) is 13.2 Å². The van der Waals surface area contributed by atoms with Crippen LogP contribution in [0.25, 0.3) is 0 Å². The summed E-state index contributed by atoms with van der Waals surface area (Å²) in [5.74, 6) is 0. The summed E-state index contributed by atoms with van der Waals surface area (Å²) in [5.41, 5.74) is 1.00. The maximum Gasteiger partial charge on any atom is 0.416 e. The van der Waals surface area contributed by atoms with Gasteiger partial charge in [-0.05, 0) is 49.0 Å². The highest BCUT2D eigenvalue weighted by Gasteiger charge is 2.30. The van der Waals surface area contributed by atoms with Crippen molar-refractivity contribution in [1.82, 2.24) is 0 Å². The van der Waals surface area contributed by atoms with Crippen LogP contribution in [0, 0.1) is 6.92 Å². The molecule has 116 valence electrons. The fraction of sp³-hybridized carbons (Fsp3) is 0.133. The molecule has 0 aromatic heterocycles. The molecule has 2 N–H and O–H groups in total. The van der Waals surface area contributed by atoms with Crippen LogP contribution >= 0.6 is 23.8 Å². The number of anilines is 2. The first kappa shape index (κ1) is 16.6. The second-order valence-corrected chi connectivity index (χ2v) is 5.40. The van der Waals surface area contributed by atoms with Gasteiger partial charge in [-0.1, -0.05) is 29.8 Å². The molecular weight excluding hydrogens is 333 g/mol. The van der Waals surface area contributed by atoms with Crippen molar-refractivity contribution >= 4 is 40.3 Å². The fourth-order valence-corrected chi connectivity index (χ4v) is 2.33. The molecule has 0 saturated carbocycles. The van der Waals surface area contributed by atoms with Crippen LogP contribution in [0.2, 0.25) is 5.02 Å². The summed E-state index contributed by atoms with van der Waals surface area (Å²) < 4.78 is 38.0. The van der Waals surface area contributed by atoms with E-state index in [-0.39, 0.29) is 10.8 Å². The Morgan fingerprint density at radius 1 is 1.09 bits per heavy atom. The quantitative estimate of drug-likeness (QED) is 0.706. The lowest BCUT2D eigenvalue weighted by Crippen LogP contribution is -2.20. The maximum absolute atomic E-state index is 12.7. The Bertz CT molecular complexity index is 681. The predicted octanol–water partition coefficient (Wildman–Crippen LogP) is 5.48. The topological polar surface area (TPSA) is 24.1 Å². The van der Waals surface area contributed by atoms with Crippen molar-refractivity contribution in [3.63, 3.8) is 0 Å². The van der Waals surface area contributed by atoms with Gasteiger partial charge in [0, 0.05) is 5.69 Å². The number of hydrogen-bond acceptors (Lipinski definition) is 1. The lowest BCUT2D eigenvalue weighted by molar-refractivity contribution is -0.137. The highest BCUT2D eigenvalue weighted by molar-refractivity contribution is 7.80. The predicted molar refractivity (Wildman–Crippen MR) is 87.5 cm³/mol. The smallest absolute Gasteiger partial charge is 0.332 e. The number of aryl methyl sites for hydroxylation is 1. The van der Waals surface area contributed by atoms with Crippen LogP contribution in [0.3, 0.4) is 0 Å². The molecule has 2 aromatic rings. The number of para-hydroxylation sites is 1. The van der Waals surface area contributed by atoms with E-state index >= 15 is 0 Å². The van der Waals surface area contributed by atoms with Crippen LogP contribution in [0.5, 0.6) is 0 Å². The van der Waals surface area contributed by atoms with Crippen LogP contribution in [0.1, 0.15) is 11.1 Å². The van der Waals surface area contributed by atoms with Gasteiger partial charge < -0.3 is 10.6 Å². The number of thiocarbonyl (C=S) groups is 1. The van der Waals surface area contributed by atoms with Crippen LogP contribution in [-0.2, 0) is 6.18 Å². The van der Waals surface area contributed by atoms with Gasteiger partial charge in [0.2, 0.25) is 0 Å². The zero-order valence-electron chi connectivity index (χ0n) is 11.5. The molecule has 0 heterocycles. The molecule has 0 aliphatic heterocycles. The van der Waals surface area contributed by atoms with Gasteiger partial charge in [0.05, 0.1) is 16.3 Å². The Labute approximate surface area is 136 Å². The fourth-order valence-electron chi connectivity index (χ4n) is 1.84. The van der Waals surface area contributed by atoms with E-state index in [1.54, 1.807) is 12.1 Å². The lowest BCUT2D eigenvalue weighted by Gasteiger charge is -2.15. The molecular formula is C15H12ClF3N2S. The highest BCUT2D eigenvalue weighted by atomic mass is 35.5. The van der Waals surface area contributed by atoms with Crippen LogP contribution in [0.4, 0.5) is 24.5 Å². The summed E-state index contributed by atoms with van der Waals surface area (Å²) in [6.07, 6.45) is -4.40. The Balaban J connectivity index is 2.13. The number of halogens is 4. The number of alkyl halides is 3. The molecule has 2 aromatic carbocycles. The molecule has 0 spiro atoms. The number of rotatable bonds is 2. The van der Waals surface area contributed by atoms with Gasteiger partial charge in [-0.3, -0.25) is 0 Å². The molecule has 0 aliphatic rings. The van der Waals surface area contributed by atoms with Gasteiger partial charge in [0.1, 0.15) is 0 Å². The van der Waals surface area contributed by atoms with Crippen molar-refractivity contribution in [3.05, 3.63) is 58.6 Å². The summed E-state index contributed by atoms with van der Waals surface area (Å²) in [6.45, 7) is 1.85. The molecule has 0 saturated heterocycles. The van der Waals surface area contributed by atoms with Gasteiger partial charge in [-0.25, -0.2) is 0 Å². The Hall–Kier alpha value is -1.79. The van der Waals surface area contributed by atoms with Gasteiger partial charge in [-0.15, -0.1) is 0 Å². The second kappa shape index (κ2) is 6.54. The largest absolute Gasteiger partial charge is 0.416 e. The standard InChI is InChI=1S/C15H12ClF3N2S/c1-9-4-2-7-12(16)13(9)21-14(22)20-11-6-3-5-10(8-11)15(17,18)19/h2-8H,1H3,(H2,20,21,22). The summed E-state index contributed by atoms with van der Waals surface area (Å²) >= 11 is 11.2. The van der Waals surface area contributed by atoms with E-state index in [4.69, 9.17) is 23.8 Å². The molecule has 0 aliphatic carbocycles. The van der Waals surface area contributed by atoms with Crippen molar-refractivity contribution in [3.8, 4) is 0 Å². The van der Waals surface area contributed by atoms with Crippen molar-refractivity contribution in [2.75, 3.05) is 10.6 Å². The molecule has 7 heteroatoms. The van der Waals surface area contributed by atoms with Crippen molar-refractivity contribution in [1.29, 1.82) is 0 Å². The minimum absolute atomic E-state index is 0.163. The Morgan fingerprint density at radius 3 is 2.41 bits per heavy atom. The molecule has 0 fully saturated rings. The monoisotopic (exact) mass is 344 g/mol. The molecule has 0 bridgehead atoms. The van der Waals surface area contributed by atoms with E-state index in [1.807, 2.05) is 13.0 Å². The zero-order valence-corrected chi connectivity index (χ0v) is 13.0. The van der Waals surface area contributed by atoms with E-state index in [0.717, 1.165) is 17.7 Å². The molecule has 0 amide bonds. The summed E-state index contributed by atoms with van der Waals surface area (Å²) in [6, 6.07) is 10.2. The van der Waals surface area contributed by atoms with Crippen molar-refractivity contribution in [2.24, 2.45) is 0 Å². The zero-order chi connectivity index (χ0) is 16.3. The van der Waals surface area contributed by atoms with Crippen LogP contribution in [-0.4, -0.2) is 5.11 Å². The average Bonchev–Trinajstić information content (AvgIpc) is 2.42. The number of benzene rings is 2. The molecule has 22 heavy (non-hydrogen) atoms. The van der Waals surface area contributed by atoms with E-state index in [1.165, 1.54) is 12.1 Å². The Kier molecular flexibility index (Phi) is 4.93. The first-order chi connectivity index (χ1) is 10.3. The summed E-state index contributed by atoms with van der Waals surface area (Å²) in [5, 5.41) is 6.25. The maximum atomic E-state index is 12.7. The van der Waals surface area contributed by atoms with Gasteiger partial charge >= 0.3 is 6.18 Å². The minimum Gasteiger partial charge on any atom is -0.332 e. The molecule has 0 atom stereocenters. The minimum atomic E-state index is -4.40.